The first kappa shape index (κ1) is 19.7. The summed E-state index contributed by atoms with van der Waals surface area (Å²) in [5.74, 6) is 0.568. The van der Waals surface area contributed by atoms with Gasteiger partial charge in [-0.05, 0) is 42.3 Å². The molecule has 2 amide bonds. The van der Waals surface area contributed by atoms with E-state index in [0.717, 1.165) is 6.42 Å². The molecule has 0 spiro atoms. The number of sulfone groups is 1. The quantitative estimate of drug-likeness (QED) is 0.736. The fourth-order valence-electron chi connectivity index (χ4n) is 2.39. The lowest BCUT2D eigenvalue weighted by molar-refractivity contribution is 0.241. The summed E-state index contributed by atoms with van der Waals surface area (Å²) in [5.41, 5.74) is 0.513. The zero-order valence-corrected chi connectivity index (χ0v) is 15.6. The number of nitrogens with zero attached hydrogens (tertiary/aromatic N) is 1. The second-order valence-corrected chi connectivity index (χ2v) is 7.76. The van der Waals surface area contributed by atoms with Gasteiger partial charge in [0.25, 0.3) is 0 Å². The number of carbonyl (C=O) groups excluding carboxylic acids is 1. The van der Waals surface area contributed by atoms with Crippen LogP contribution in [0.2, 0.25) is 0 Å². The predicted molar refractivity (Wildman–Crippen MR) is 98.9 cm³/mol. The molecule has 2 aromatic rings. The van der Waals surface area contributed by atoms with E-state index in [1.54, 1.807) is 30.5 Å². The first-order valence-electron chi connectivity index (χ1n) is 8.28. The summed E-state index contributed by atoms with van der Waals surface area (Å²) in [6.45, 7) is 2.40. The third-order valence-electron chi connectivity index (χ3n) is 3.80. The van der Waals surface area contributed by atoms with Gasteiger partial charge in [-0.1, -0.05) is 13.0 Å². The standard InChI is InChI=1S/C18H23N3O4S/c1-3-10-20-18(22)21-13-17(14-5-4-11-19-12-14)26(23,24)16-8-6-15(25-2)7-9-16/h4-9,11-12,17H,3,10,13H2,1-2H3,(H2,20,21,22)/t17-/m1/s1. The van der Waals surface area contributed by atoms with Crippen molar-refractivity contribution in [3.05, 3.63) is 54.4 Å². The highest BCUT2D eigenvalue weighted by molar-refractivity contribution is 7.91. The highest BCUT2D eigenvalue weighted by Gasteiger charge is 2.29. The van der Waals surface area contributed by atoms with E-state index in [1.807, 2.05) is 6.92 Å². The van der Waals surface area contributed by atoms with Crippen molar-refractivity contribution in [2.24, 2.45) is 0 Å². The third kappa shape index (κ3) is 4.95. The maximum atomic E-state index is 13.1. The van der Waals surface area contributed by atoms with Gasteiger partial charge in [0.2, 0.25) is 0 Å². The molecule has 0 radical (unpaired) electrons. The van der Waals surface area contributed by atoms with E-state index in [9.17, 15) is 13.2 Å². The van der Waals surface area contributed by atoms with Crippen molar-refractivity contribution in [3.8, 4) is 5.75 Å². The van der Waals surface area contributed by atoms with Crippen molar-refractivity contribution in [2.45, 2.75) is 23.5 Å². The maximum Gasteiger partial charge on any atom is 0.314 e. The van der Waals surface area contributed by atoms with Crippen LogP contribution in [0.4, 0.5) is 4.79 Å². The lowest BCUT2D eigenvalue weighted by Gasteiger charge is -2.19. The Hall–Kier alpha value is -2.61. The lowest BCUT2D eigenvalue weighted by atomic mass is 10.2. The summed E-state index contributed by atoms with van der Waals surface area (Å²) >= 11 is 0. The smallest absolute Gasteiger partial charge is 0.314 e. The van der Waals surface area contributed by atoms with Gasteiger partial charge < -0.3 is 15.4 Å². The van der Waals surface area contributed by atoms with E-state index in [0.29, 0.717) is 17.9 Å². The Kier molecular flexibility index (Phi) is 6.97. The van der Waals surface area contributed by atoms with Gasteiger partial charge >= 0.3 is 6.03 Å². The van der Waals surface area contributed by atoms with Crippen molar-refractivity contribution in [2.75, 3.05) is 20.2 Å². The second-order valence-electron chi connectivity index (χ2n) is 5.63. The first-order valence-corrected chi connectivity index (χ1v) is 9.83. The monoisotopic (exact) mass is 377 g/mol. The molecule has 26 heavy (non-hydrogen) atoms. The minimum atomic E-state index is -3.73. The topological polar surface area (TPSA) is 97.4 Å². The fraction of sp³-hybridized carbons (Fsp3) is 0.333. The molecule has 0 saturated heterocycles. The number of rotatable bonds is 8. The number of pyridine rings is 1. The molecule has 2 rings (SSSR count). The van der Waals surface area contributed by atoms with Gasteiger partial charge in [-0.15, -0.1) is 0 Å². The number of hydrogen-bond donors (Lipinski definition) is 2. The Morgan fingerprint density at radius 2 is 1.92 bits per heavy atom. The zero-order valence-electron chi connectivity index (χ0n) is 14.8. The van der Waals surface area contributed by atoms with E-state index in [-0.39, 0.29) is 11.4 Å². The van der Waals surface area contributed by atoms with Gasteiger partial charge in [-0.25, -0.2) is 13.2 Å². The van der Waals surface area contributed by atoms with Crippen LogP contribution in [0.1, 0.15) is 24.2 Å². The maximum absolute atomic E-state index is 13.1. The van der Waals surface area contributed by atoms with Crippen molar-refractivity contribution in [1.82, 2.24) is 15.6 Å². The van der Waals surface area contributed by atoms with Gasteiger partial charge in [0.05, 0.1) is 12.0 Å². The van der Waals surface area contributed by atoms with Crippen LogP contribution in [0.3, 0.4) is 0 Å². The minimum Gasteiger partial charge on any atom is -0.497 e. The summed E-state index contributed by atoms with van der Waals surface area (Å²) < 4.78 is 31.3. The molecular weight excluding hydrogens is 354 g/mol. The van der Waals surface area contributed by atoms with Crippen LogP contribution < -0.4 is 15.4 Å². The van der Waals surface area contributed by atoms with E-state index < -0.39 is 21.1 Å². The zero-order chi connectivity index (χ0) is 19.0. The lowest BCUT2D eigenvalue weighted by Crippen LogP contribution is -2.39. The van der Waals surface area contributed by atoms with Crippen molar-refractivity contribution in [1.29, 1.82) is 0 Å². The Morgan fingerprint density at radius 1 is 1.19 bits per heavy atom. The Bertz CT molecular complexity index is 808. The van der Waals surface area contributed by atoms with Crippen LogP contribution in [0.5, 0.6) is 5.75 Å². The average molecular weight is 377 g/mol. The summed E-state index contributed by atoms with van der Waals surface area (Å²) in [5, 5.41) is 4.35. The molecule has 1 aromatic carbocycles. The minimum absolute atomic E-state index is 0.0599. The fourth-order valence-corrected chi connectivity index (χ4v) is 4.03. The molecule has 8 heteroatoms. The molecule has 140 valence electrons. The summed E-state index contributed by atoms with van der Waals surface area (Å²) in [6.07, 6.45) is 3.86. The van der Waals surface area contributed by atoms with Crippen LogP contribution in [-0.2, 0) is 9.84 Å². The van der Waals surface area contributed by atoms with Crippen molar-refractivity contribution < 1.29 is 17.9 Å². The number of hydrogen-bond acceptors (Lipinski definition) is 5. The second kappa shape index (κ2) is 9.19. The van der Waals surface area contributed by atoms with E-state index in [2.05, 4.69) is 15.6 Å². The molecule has 1 heterocycles. The highest BCUT2D eigenvalue weighted by atomic mass is 32.2. The van der Waals surface area contributed by atoms with E-state index in [1.165, 1.54) is 25.4 Å². The number of ether oxygens (including phenoxy) is 1. The molecule has 0 saturated carbocycles. The van der Waals surface area contributed by atoms with E-state index in [4.69, 9.17) is 4.74 Å². The summed E-state index contributed by atoms with van der Waals surface area (Å²) in [7, 11) is -2.22. The molecular formula is C18H23N3O4S. The molecule has 7 nitrogen and oxygen atoms in total. The number of benzene rings is 1. The number of urea groups is 1. The Labute approximate surface area is 153 Å². The average Bonchev–Trinajstić information content (AvgIpc) is 2.67. The van der Waals surface area contributed by atoms with Crippen LogP contribution in [-0.4, -0.2) is 39.6 Å². The van der Waals surface area contributed by atoms with Crippen LogP contribution in [0.15, 0.2) is 53.7 Å². The van der Waals surface area contributed by atoms with Gasteiger partial charge in [-0.2, -0.15) is 0 Å². The normalized spacial score (nSPS) is 12.2. The number of nitrogens with one attached hydrogen (secondary N) is 2. The largest absolute Gasteiger partial charge is 0.497 e. The molecule has 0 aliphatic rings. The Balaban J connectivity index is 2.28. The van der Waals surface area contributed by atoms with Crippen LogP contribution in [0.25, 0.3) is 0 Å². The number of amides is 2. The molecule has 0 unspecified atom stereocenters. The third-order valence-corrected chi connectivity index (χ3v) is 5.92. The SMILES string of the molecule is CCCNC(=O)NC[C@H](c1cccnc1)S(=O)(=O)c1ccc(OC)cc1. The first-order chi connectivity index (χ1) is 12.5. The van der Waals surface area contributed by atoms with Crippen molar-refractivity contribution >= 4 is 15.9 Å². The van der Waals surface area contributed by atoms with Gasteiger partial charge in [0.15, 0.2) is 9.84 Å². The van der Waals surface area contributed by atoms with Crippen LogP contribution >= 0.6 is 0 Å². The van der Waals surface area contributed by atoms with Crippen molar-refractivity contribution in [3.63, 3.8) is 0 Å². The van der Waals surface area contributed by atoms with Gasteiger partial charge in [0.1, 0.15) is 11.0 Å². The molecule has 2 N–H and O–H groups in total. The molecule has 0 fully saturated rings. The molecule has 0 aliphatic heterocycles. The summed E-state index contributed by atoms with van der Waals surface area (Å²) in [4.78, 5) is 16.0. The molecule has 1 aromatic heterocycles. The molecule has 1 atom stereocenters. The number of carbonyl (C=O) groups is 1. The molecule has 0 aliphatic carbocycles. The highest BCUT2D eigenvalue weighted by Crippen LogP contribution is 2.29. The van der Waals surface area contributed by atoms with Gasteiger partial charge in [-0.3, -0.25) is 4.98 Å². The molecule has 0 bridgehead atoms. The van der Waals surface area contributed by atoms with Gasteiger partial charge in [0, 0.05) is 25.5 Å². The number of methoxy groups -OCH3 is 1. The predicted octanol–water partition coefficient (Wildman–Crippen LogP) is 2.31. The number of aromatic nitrogens is 1. The van der Waals surface area contributed by atoms with Crippen LogP contribution in [0, 0.1) is 0 Å². The van der Waals surface area contributed by atoms with E-state index >= 15 is 0 Å². The Morgan fingerprint density at radius 3 is 2.50 bits per heavy atom. The summed E-state index contributed by atoms with van der Waals surface area (Å²) in [6, 6.07) is 9.13.